The van der Waals surface area contributed by atoms with Gasteiger partial charge in [0.25, 0.3) is 0 Å². The van der Waals surface area contributed by atoms with Crippen LogP contribution in [0.5, 0.6) is 5.75 Å². The summed E-state index contributed by atoms with van der Waals surface area (Å²) in [5.74, 6) is 0.695. The maximum absolute atomic E-state index is 10.8. The molecule has 2 rings (SSSR count). The number of nitrogens with two attached hydrogens (primary N) is 1. The number of methoxy groups -OCH3 is 1. The summed E-state index contributed by atoms with van der Waals surface area (Å²) in [6.07, 6.45) is 1.78. The van der Waals surface area contributed by atoms with Crippen molar-refractivity contribution in [3.8, 4) is 17.0 Å². The van der Waals surface area contributed by atoms with Gasteiger partial charge in [-0.15, -0.1) is 0 Å². The predicted molar refractivity (Wildman–Crippen MR) is 75.1 cm³/mol. The lowest BCUT2D eigenvalue weighted by Gasteiger charge is -2.06. The van der Waals surface area contributed by atoms with Crippen molar-refractivity contribution < 1.29 is 9.53 Å². The molecule has 5 nitrogen and oxygen atoms in total. The molecular formula is C13H15N3O2S. The Morgan fingerprint density at radius 1 is 1.42 bits per heavy atom. The van der Waals surface area contributed by atoms with Gasteiger partial charge in [0.1, 0.15) is 5.75 Å². The number of hydrogen-bond donors (Lipinski definition) is 1. The first-order valence-electron chi connectivity index (χ1n) is 5.69. The number of carbonyl (C=O) groups is 1. The number of imidazole rings is 1. The van der Waals surface area contributed by atoms with Crippen molar-refractivity contribution in [3.63, 3.8) is 0 Å². The minimum absolute atomic E-state index is 0.229. The quantitative estimate of drug-likeness (QED) is 0.844. The number of carbonyl (C=O) groups excluding carboxylic acids is 1. The van der Waals surface area contributed by atoms with Gasteiger partial charge < -0.3 is 15.0 Å². The second-order valence-electron chi connectivity index (χ2n) is 3.97. The third-order valence-corrected chi connectivity index (χ3v) is 3.74. The Labute approximate surface area is 115 Å². The van der Waals surface area contributed by atoms with Crippen LogP contribution in [0.4, 0.5) is 0 Å². The van der Waals surface area contributed by atoms with Crippen LogP contribution >= 0.6 is 11.8 Å². The third-order valence-electron chi connectivity index (χ3n) is 2.67. The zero-order valence-corrected chi connectivity index (χ0v) is 11.6. The molecule has 0 atom stereocenters. The smallest absolute Gasteiger partial charge is 0.227 e. The van der Waals surface area contributed by atoms with Crippen LogP contribution < -0.4 is 10.5 Å². The van der Waals surface area contributed by atoms with Crippen molar-refractivity contribution in [3.05, 3.63) is 30.5 Å². The van der Waals surface area contributed by atoms with Gasteiger partial charge in [0.2, 0.25) is 5.91 Å². The van der Waals surface area contributed by atoms with Crippen molar-refractivity contribution in [2.45, 2.75) is 5.16 Å². The molecule has 0 bridgehead atoms. The average Bonchev–Trinajstić information content (AvgIpc) is 2.78. The Morgan fingerprint density at radius 2 is 2.11 bits per heavy atom. The number of ether oxygens (including phenoxy) is 1. The van der Waals surface area contributed by atoms with Gasteiger partial charge in [-0.2, -0.15) is 0 Å². The summed E-state index contributed by atoms with van der Waals surface area (Å²) in [6, 6.07) is 7.74. The fraction of sp³-hybridized carbons (Fsp3) is 0.231. The van der Waals surface area contributed by atoms with Crippen LogP contribution in [0.1, 0.15) is 0 Å². The summed E-state index contributed by atoms with van der Waals surface area (Å²) in [6.45, 7) is 0. The fourth-order valence-electron chi connectivity index (χ4n) is 1.69. The van der Waals surface area contributed by atoms with E-state index < -0.39 is 0 Å². The highest BCUT2D eigenvalue weighted by molar-refractivity contribution is 7.99. The van der Waals surface area contributed by atoms with E-state index in [1.807, 2.05) is 35.9 Å². The maximum atomic E-state index is 10.8. The first-order chi connectivity index (χ1) is 9.11. The van der Waals surface area contributed by atoms with E-state index in [0.29, 0.717) is 0 Å². The number of hydrogen-bond acceptors (Lipinski definition) is 4. The molecule has 0 spiro atoms. The zero-order chi connectivity index (χ0) is 13.8. The Bertz CT molecular complexity index is 578. The lowest BCUT2D eigenvalue weighted by molar-refractivity contribution is -0.115. The molecule has 0 radical (unpaired) electrons. The molecule has 0 aliphatic heterocycles. The highest BCUT2D eigenvalue weighted by Crippen LogP contribution is 2.26. The third kappa shape index (κ3) is 3.08. The normalized spacial score (nSPS) is 10.4. The van der Waals surface area contributed by atoms with Gasteiger partial charge in [0.15, 0.2) is 5.16 Å². The summed E-state index contributed by atoms with van der Waals surface area (Å²) in [4.78, 5) is 15.1. The van der Waals surface area contributed by atoms with Crippen LogP contribution in [-0.2, 0) is 11.8 Å². The molecule has 1 amide bonds. The molecule has 100 valence electrons. The lowest BCUT2D eigenvalue weighted by Crippen LogP contribution is -2.13. The molecule has 0 saturated carbocycles. The summed E-state index contributed by atoms with van der Waals surface area (Å²) in [5, 5.41) is 0.768. The van der Waals surface area contributed by atoms with E-state index in [-0.39, 0.29) is 11.7 Å². The lowest BCUT2D eigenvalue weighted by atomic mass is 10.1. The van der Waals surface area contributed by atoms with Crippen molar-refractivity contribution in [1.82, 2.24) is 9.55 Å². The van der Waals surface area contributed by atoms with Crippen LogP contribution in [0.3, 0.4) is 0 Å². The average molecular weight is 277 g/mol. The van der Waals surface area contributed by atoms with Gasteiger partial charge >= 0.3 is 0 Å². The summed E-state index contributed by atoms with van der Waals surface area (Å²) < 4.78 is 7.07. The Morgan fingerprint density at radius 3 is 2.68 bits per heavy atom. The van der Waals surface area contributed by atoms with Gasteiger partial charge in [-0.25, -0.2) is 4.98 Å². The van der Waals surface area contributed by atoms with Gasteiger partial charge in [0.05, 0.1) is 24.8 Å². The van der Waals surface area contributed by atoms with Crippen molar-refractivity contribution >= 4 is 17.7 Å². The standard InChI is InChI=1S/C13H15N3O2S/c1-16-11(7-15-13(16)19-8-12(14)17)9-3-5-10(18-2)6-4-9/h3-7H,8H2,1-2H3,(H2,14,17). The van der Waals surface area contributed by atoms with Gasteiger partial charge in [0, 0.05) is 12.6 Å². The molecule has 0 fully saturated rings. The van der Waals surface area contributed by atoms with E-state index in [2.05, 4.69) is 4.98 Å². The van der Waals surface area contributed by atoms with Gasteiger partial charge in [-0.1, -0.05) is 11.8 Å². The van der Waals surface area contributed by atoms with Crippen LogP contribution in [0, 0.1) is 0 Å². The first-order valence-corrected chi connectivity index (χ1v) is 6.67. The molecule has 19 heavy (non-hydrogen) atoms. The van der Waals surface area contributed by atoms with Crippen molar-refractivity contribution in [2.75, 3.05) is 12.9 Å². The molecule has 0 aliphatic carbocycles. The molecule has 6 heteroatoms. The second kappa shape index (κ2) is 5.79. The molecule has 1 aromatic carbocycles. The van der Waals surface area contributed by atoms with E-state index in [1.54, 1.807) is 13.3 Å². The molecular weight excluding hydrogens is 262 g/mol. The number of rotatable bonds is 5. The van der Waals surface area contributed by atoms with E-state index in [4.69, 9.17) is 10.5 Å². The van der Waals surface area contributed by atoms with E-state index in [9.17, 15) is 4.79 Å². The van der Waals surface area contributed by atoms with Crippen LogP contribution in [0.2, 0.25) is 0 Å². The minimum Gasteiger partial charge on any atom is -0.497 e. The van der Waals surface area contributed by atoms with E-state index in [1.165, 1.54) is 11.8 Å². The molecule has 1 heterocycles. The van der Waals surface area contributed by atoms with E-state index >= 15 is 0 Å². The fourth-order valence-corrected chi connectivity index (χ4v) is 2.38. The van der Waals surface area contributed by atoms with E-state index in [0.717, 1.165) is 22.2 Å². The van der Waals surface area contributed by atoms with Crippen LogP contribution in [0.15, 0.2) is 35.6 Å². The predicted octanol–water partition coefficient (Wildman–Crippen LogP) is 1.67. The first kappa shape index (κ1) is 13.5. The van der Waals surface area contributed by atoms with Crippen LogP contribution in [-0.4, -0.2) is 28.3 Å². The SMILES string of the molecule is COc1ccc(-c2cnc(SCC(N)=O)n2C)cc1. The second-order valence-corrected chi connectivity index (χ2v) is 4.91. The number of amides is 1. The van der Waals surface area contributed by atoms with Crippen molar-refractivity contribution in [2.24, 2.45) is 12.8 Å². The van der Waals surface area contributed by atoms with Crippen molar-refractivity contribution in [1.29, 1.82) is 0 Å². The topological polar surface area (TPSA) is 70.1 Å². The zero-order valence-electron chi connectivity index (χ0n) is 10.8. The monoisotopic (exact) mass is 277 g/mol. The molecule has 0 aliphatic rings. The number of aromatic nitrogens is 2. The molecule has 0 unspecified atom stereocenters. The summed E-state index contributed by atoms with van der Waals surface area (Å²) in [5.41, 5.74) is 7.15. The molecule has 2 aromatic rings. The minimum atomic E-state index is -0.348. The number of primary amides is 1. The van der Waals surface area contributed by atoms with Gasteiger partial charge in [-0.05, 0) is 24.3 Å². The Hall–Kier alpha value is -1.95. The number of thioether (sulfide) groups is 1. The Balaban J connectivity index is 2.22. The largest absolute Gasteiger partial charge is 0.497 e. The maximum Gasteiger partial charge on any atom is 0.227 e. The summed E-state index contributed by atoms with van der Waals surface area (Å²) in [7, 11) is 3.55. The molecule has 1 aromatic heterocycles. The van der Waals surface area contributed by atoms with Crippen LogP contribution in [0.25, 0.3) is 11.3 Å². The van der Waals surface area contributed by atoms with Gasteiger partial charge in [-0.3, -0.25) is 4.79 Å². The molecule has 0 saturated heterocycles. The number of nitrogens with zero attached hydrogens (tertiary/aromatic N) is 2. The highest BCUT2D eigenvalue weighted by atomic mass is 32.2. The number of benzene rings is 1. The molecule has 2 N–H and O–H groups in total. The Kier molecular flexibility index (Phi) is 4.11. The summed E-state index contributed by atoms with van der Waals surface area (Å²) >= 11 is 1.33. The highest BCUT2D eigenvalue weighted by Gasteiger charge is 2.10.